The van der Waals surface area contributed by atoms with Crippen molar-refractivity contribution in [2.45, 2.75) is 9.79 Å². The van der Waals surface area contributed by atoms with Crippen molar-refractivity contribution < 1.29 is 9.31 Å². The Morgan fingerprint density at radius 3 is 2.56 bits per heavy atom. The Labute approximate surface area is 107 Å². The van der Waals surface area contributed by atoms with E-state index in [1.165, 1.54) is 24.3 Å². The molecule has 0 unspecified atom stereocenters. The highest BCUT2D eigenvalue weighted by Crippen LogP contribution is 2.37. The van der Waals surface area contributed by atoms with E-state index in [4.69, 9.17) is 5.73 Å². The van der Waals surface area contributed by atoms with Gasteiger partial charge < -0.3 is 5.73 Å². The van der Waals surface area contributed by atoms with E-state index < -0.39 is 10.7 Å². The third-order valence-corrected chi connectivity index (χ3v) is 3.41. The Morgan fingerprint density at radius 1 is 1.17 bits per heavy atom. The fraction of sp³-hybridized carbons (Fsp3) is 0. The van der Waals surface area contributed by atoms with Crippen LogP contribution in [0.15, 0.2) is 52.3 Å². The molecule has 0 radical (unpaired) electrons. The summed E-state index contributed by atoms with van der Waals surface area (Å²) in [6.07, 6.45) is 0. The van der Waals surface area contributed by atoms with Crippen molar-refractivity contribution in [3.63, 3.8) is 0 Å². The highest BCUT2D eigenvalue weighted by Gasteiger charge is 2.14. The van der Waals surface area contributed by atoms with E-state index >= 15 is 0 Å². The lowest BCUT2D eigenvalue weighted by Gasteiger charge is -2.05. The van der Waals surface area contributed by atoms with Crippen LogP contribution in [0.25, 0.3) is 0 Å². The van der Waals surface area contributed by atoms with Crippen LogP contribution in [-0.4, -0.2) is 4.92 Å². The maximum Gasteiger partial charge on any atom is 0.283 e. The van der Waals surface area contributed by atoms with Crippen LogP contribution in [0.3, 0.4) is 0 Å². The Balaban J connectivity index is 2.37. The molecule has 0 spiro atoms. The summed E-state index contributed by atoms with van der Waals surface area (Å²) in [5.41, 5.74) is 5.93. The Bertz CT molecular complexity index is 604. The molecule has 18 heavy (non-hydrogen) atoms. The number of nitrogens with zero attached hydrogens (tertiary/aromatic N) is 1. The van der Waals surface area contributed by atoms with E-state index in [2.05, 4.69) is 0 Å². The fourth-order valence-electron chi connectivity index (χ4n) is 1.43. The molecule has 2 aromatic carbocycles. The first-order valence-corrected chi connectivity index (χ1v) is 5.86. The average molecular weight is 264 g/mol. The zero-order valence-electron chi connectivity index (χ0n) is 9.17. The summed E-state index contributed by atoms with van der Waals surface area (Å²) in [6, 6.07) is 10.3. The van der Waals surface area contributed by atoms with Crippen molar-refractivity contribution >= 4 is 23.1 Å². The molecule has 0 saturated carbocycles. The van der Waals surface area contributed by atoms with E-state index in [-0.39, 0.29) is 11.4 Å². The van der Waals surface area contributed by atoms with Gasteiger partial charge >= 0.3 is 0 Å². The minimum Gasteiger partial charge on any atom is -0.398 e. The van der Waals surface area contributed by atoms with Crippen LogP contribution in [0.1, 0.15) is 0 Å². The predicted molar refractivity (Wildman–Crippen MR) is 68.0 cm³/mol. The molecule has 92 valence electrons. The third-order valence-electron chi connectivity index (χ3n) is 2.25. The van der Waals surface area contributed by atoms with E-state index in [1.807, 2.05) is 0 Å². The van der Waals surface area contributed by atoms with Crippen molar-refractivity contribution in [2.75, 3.05) is 5.73 Å². The fourth-order valence-corrected chi connectivity index (χ4v) is 2.37. The van der Waals surface area contributed by atoms with Gasteiger partial charge in [0.25, 0.3) is 5.69 Å². The second-order valence-electron chi connectivity index (χ2n) is 3.51. The van der Waals surface area contributed by atoms with Crippen molar-refractivity contribution in [1.82, 2.24) is 0 Å². The lowest BCUT2D eigenvalue weighted by Crippen LogP contribution is -1.92. The van der Waals surface area contributed by atoms with Crippen LogP contribution in [0.5, 0.6) is 0 Å². The molecule has 4 nitrogen and oxygen atoms in total. The number of nitro benzene ring substituents is 1. The van der Waals surface area contributed by atoms with Gasteiger partial charge in [-0.15, -0.1) is 0 Å². The van der Waals surface area contributed by atoms with Crippen molar-refractivity contribution in [1.29, 1.82) is 0 Å². The number of halogens is 1. The van der Waals surface area contributed by atoms with Crippen molar-refractivity contribution in [2.24, 2.45) is 0 Å². The summed E-state index contributed by atoms with van der Waals surface area (Å²) >= 11 is 1.14. The number of nitrogen functional groups attached to an aromatic ring is 1. The first-order chi connectivity index (χ1) is 8.58. The summed E-state index contributed by atoms with van der Waals surface area (Å²) in [7, 11) is 0. The van der Waals surface area contributed by atoms with Crippen LogP contribution < -0.4 is 5.73 Å². The number of benzene rings is 2. The molecule has 0 saturated heterocycles. The van der Waals surface area contributed by atoms with Gasteiger partial charge in [0.1, 0.15) is 5.82 Å². The summed E-state index contributed by atoms with van der Waals surface area (Å²) in [6.45, 7) is 0. The van der Waals surface area contributed by atoms with Gasteiger partial charge in [-0.1, -0.05) is 23.9 Å². The van der Waals surface area contributed by atoms with Crippen LogP contribution >= 0.6 is 11.8 Å². The van der Waals surface area contributed by atoms with E-state index in [0.29, 0.717) is 9.79 Å². The summed E-state index contributed by atoms with van der Waals surface area (Å²) in [5.74, 6) is -0.431. The highest BCUT2D eigenvalue weighted by atomic mass is 32.2. The minimum atomic E-state index is -0.456. The minimum absolute atomic E-state index is 0.00576. The average Bonchev–Trinajstić information content (AvgIpc) is 2.33. The molecule has 0 atom stereocenters. The van der Waals surface area contributed by atoms with Crippen LogP contribution in [-0.2, 0) is 0 Å². The van der Waals surface area contributed by atoms with E-state index in [0.717, 1.165) is 11.8 Å². The molecule has 0 bridgehead atoms. The van der Waals surface area contributed by atoms with Crippen molar-refractivity contribution in [3.05, 3.63) is 58.4 Å². The molecule has 2 rings (SSSR count). The number of nitrogens with two attached hydrogens (primary N) is 1. The number of anilines is 1. The molecule has 0 aliphatic carbocycles. The molecule has 6 heteroatoms. The number of rotatable bonds is 3. The Hall–Kier alpha value is -2.08. The Kier molecular flexibility index (Phi) is 3.47. The first kappa shape index (κ1) is 12.4. The SMILES string of the molecule is Nc1cc(F)ccc1Sc1ccccc1[N+](=O)[O-]. The molecule has 0 fully saturated rings. The number of hydrogen-bond acceptors (Lipinski definition) is 4. The normalized spacial score (nSPS) is 10.3. The summed E-state index contributed by atoms with van der Waals surface area (Å²) in [4.78, 5) is 11.5. The lowest BCUT2D eigenvalue weighted by molar-refractivity contribution is -0.387. The molecular formula is C12H9FN2O2S. The van der Waals surface area contributed by atoms with E-state index in [1.54, 1.807) is 18.2 Å². The quantitative estimate of drug-likeness (QED) is 0.523. The van der Waals surface area contributed by atoms with Gasteiger partial charge in [0.2, 0.25) is 0 Å². The number of hydrogen-bond donors (Lipinski definition) is 1. The van der Waals surface area contributed by atoms with Gasteiger partial charge in [0.15, 0.2) is 0 Å². The highest BCUT2D eigenvalue weighted by molar-refractivity contribution is 7.99. The number of para-hydroxylation sites is 1. The van der Waals surface area contributed by atoms with Gasteiger partial charge in [-0.2, -0.15) is 0 Å². The van der Waals surface area contributed by atoms with Crippen LogP contribution in [0.2, 0.25) is 0 Å². The third kappa shape index (κ3) is 2.60. The lowest BCUT2D eigenvalue weighted by atomic mass is 10.3. The molecule has 0 amide bonds. The Morgan fingerprint density at radius 2 is 1.89 bits per heavy atom. The molecule has 2 aromatic rings. The molecule has 0 heterocycles. The van der Waals surface area contributed by atoms with Gasteiger partial charge in [0, 0.05) is 16.6 Å². The topological polar surface area (TPSA) is 69.2 Å². The second-order valence-corrected chi connectivity index (χ2v) is 4.59. The van der Waals surface area contributed by atoms with Crippen LogP contribution in [0, 0.1) is 15.9 Å². The van der Waals surface area contributed by atoms with Gasteiger partial charge in [-0.05, 0) is 24.3 Å². The summed E-state index contributed by atoms with van der Waals surface area (Å²) < 4.78 is 12.9. The smallest absolute Gasteiger partial charge is 0.283 e. The van der Waals surface area contributed by atoms with Gasteiger partial charge in [-0.25, -0.2) is 4.39 Å². The summed E-state index contributed by atoms with van der Waals surface area (Å²) in [5, 5.41) is 10.9. The molecule has 0 aliphatic heterocycles. The largest absolute Gasteiger partial charge is 0.398 e. The predicted octanol–water partition coefficient (Wildman–Crippen LogP) is 3.47. The number of nitro groups is 1. The second kappa shape index (κ2) is 5.05. The maximum atomic E-state index is 12.9. The molecule has 0 aliphatic rings. The monoisotopic (exact) mass is 264 g/mol. The van der Waals surface area contributed by atoms with Gasteiger partial charge in [-0.3, -0.25) is 10.1 Å². The van der Waals surface area contributed by atoms with Crippen molar-refractivity contribution in [3.8, 4) is 0 Å². The molecule has 0 aromatic heterocycles. The zero-order valence-corrected chi connectivity index (χ0v) is 9.99. The van der Waals surface area contributed by atoms with Crippen LogP contribution in [0.4, 0.5) is 15.8 Å². The standard InChI is InChI=1S/C12H9FN2O2S/c13-8-5-6-11(9(14)7-8)18-12-4-2-1-3-10(12)15(16)17/h1-7H,14H2. The zero-order chi connectivity index (χ0) is 13.1. The first-order valence-electron chi connectivity index (χ1n) is 5.04. The molecule has 2 N–H and O–H groups in total. The molecular weight excluding hydrogens is 255 g/mol. The van der Waals surface area contributed by atoms with E-state index in [9.17, 15) is 14.5 Å². The maximum absolute atomic E-state index is 12.9. The van der Waals surface area contributed by atoms with Gasteiger partial charge in [0.05, 0.1) is 9.82 Å².